The van der Waals surface area contributed by atoms with Crippen LogP contribution in [0, 0.1) is 0 Å². The number of hydrogen-bond donors (Lipinski definition) is 0. The molecule has 0 saturated carbocycles. The summed E-state index contributed by atoms with van der Waals surface area (Å²) in [6, 6.07) is 22.4. The van der Waals surface area contributed by atoms with E-state index < -0.39 is 0 Å². The predicted octanol–water partition coefficient (Wildman–Crippen LogP) is 5.06. The first-order valence-corrected chi connectivity index (χ1v) is 9.16. The lowest BCUT2D eigenvalue weighted by Crippen LogP contribution is -2.11. The molecule has 0 amide bonds. The van der Waals surface area contributed by atoms with E-state index in [4.69, 9.17) is 18.6 Å². The molecule has 4 aromatic rings. The Hall–Kier alpha value is -3.73. The monoisotopic (exact) mass is 388 g/mol. The first kappa shape index (κ1) is 18.6. The fourth-order valence-electron chi connectivity index (χ4n) is 3.16. The number of benzene rings is 3. The maximum absolute atomic E-state index is 13.4. The first-order chi connectivity index (χ1) is 14.2. The molecule has 0 atom stereocenters. The molecule has 0 spiro atoms. The molecule has 29 heavy (non-hydrogen) atoms. The Labute approximate surface area is 168 Å². The Balaban J connectivity index is 1.93. The van der Waals surface area contributed by atoms with Gasteiger partial charge in [-0.2, -0.15) is 0 Å². The van der Waals surface area contributed by atoms with Crippen molar-refractivity contribution >= 4 is 11.0 Å². The summed E-state index contributed by atoms with van der Waals surface area (Å²) in [5.41, 5.74) is 1.78. The largest absolute Gasteiger partial charge is 0.496 e. The Morgan fingerprint density at radius 1 is 0.862 bits per heavy atom. The number of ether oxygens (including phenoxy) is 3. The molecule has 1 heterocycles. The van der Waals surface area contributed by atoms with Crippen molar-refractivity contribution in [1.82, 2.24) is 0 Å². The van der Waals surface area contributed by atoms with Crippen molar-refractivity contribution in [3.63, 3.8) is 0 Å². The summed E-state index contributed by atoms with van der Waals surface area (Å²) >= 11 is 0. The van der Waals surface area contributed by atoms with Gasteiger partial charge in [-0.15, -0.1) is 0 Å². The summed E-state index contributed by atoms with van der Waals surface area (Å²) in [6.45, 7) is 0.245. The van der Waals surface area contributed by atoms with Crippen LogP contribution in [0.2, 0.25) is 0 Å². The Bertz CT molecular complexity index is 1180. The second-order valence-electron chi connectivity index (χ2n) is 6.43. The predicted molar refractivity (Wildman–Crippen MR) is 112 cm³/mol. The molecule has 5 heteroatoms. The van der Waals surface area contributed by atoms with Gasteiger partial charge in [-0.05, 0) is 5.56 Å². The molecular weight excluding hydrogens is 368 g/mol. The molecule has 5 nitrogen and oxygen atoms in total. The second kappa shape index (κ2) is 8.10. The van der Waals surface area contributed by atoms with Crippen LogP contribution in [0.4, 0.5) is 0 Å². The summed E-state index contributed by atoms with van der Waals surface area (Å²) in [5, 5.41) is 0.316. The van der Waals surface area contributed by atoms with Crippen LogP contribution in [0.1, 0.15) is 5.56 Å². The molecule has 0 saturated heterocycles. The van der Waals surface area contributed by atoms with Gasteiger partial charge in [0.1, 0.15) is 29.1 Å². The molecule has 0 N–H and O–H groups in total. The van der Waals surface area contributed by atoms with Gasteiger partial charge < -0.3 is 18.6 Å². The lowest BCUT2D eigenvalue weighted by Gasteiger charge is -2.14. The average molecular weight is 388 g/mol. The Morgan fingerprint density at radius 2 is 1.55 bits per heavy atom. The van der Waals surface area contributed by atoms with Gasteiger partial charge in [0, 0.05) is 17.7 Å². The van der Waals surface area contributed by atoms with Crippen LogP contribution < -0.4 is 19.6 Å². The smallest absolute Gasteiger partial charge is 0.239 e. The number of methoxy groups -OCH3 is 2. The zero-order chi connectivity index (χ0) is 20.2. The Kier molecular flexibility index (Phi) is 5.20. The molecule has 146 valence electrons. The lowest BCUT2D eigenvalue weighted by molar-refractivity contribution is 0.297. The highest BCUT2D eigenvalue weighted by Gasteiger charge is 2.21. The van der Waals surface area contributed by atoms with E-state index >= 15 is 0 Å². The quantitative estimate of drug-likeness (QED) is 0.462. The minimum absolute atomic E-state index is 0.149. The van der Waals surface area contributed by atoms with Crippen molar-refractivity contribution in [2.24, 2.45) is 0 Å². The molecule has 3 aromatic carbocycles. The zero-order valence-electron chi connectivity index (χ0n) is 16.2. The molecule has 0 unspecified atom stereocenters. The standard InChI is InChI=1S/C24H20O5/c1-26-18-13-19(27-2)21-20(14-18)29-23(17-11-7-4-8-12-17)24(22(21)25)28-15-16-9-5-3-6-10-16/h3-14H,15H2,1-2H3. The summed E-state index contributed by atoms with van der Waals surface area (Å²) < 4.78 is 22.9. The van der Waals surface area contributed by atoms with Crippen LogP contribution in [0.25, 0.3) is 22.3 Å². The molecule has 0 aliphatic rings. The zero-order valence-corrected chi connectivity index (χ0v) is 16.2. The van der Waals surface area contributed by atoms with Crippen molar-refractivity contribution in [1.29, 1.82) is 0 Å². The molecule has 0 fully saturated rings. The van der Waals surface area contributed by atoms with Gasteiger partial charge in [0.2, 0.25) is 11.2 Å². The third-order valence-corrected chi connectivity index (χ3v) is 4.61. The SMILES string of the molecule is COc1cc(OC)c2c(=O)c(OCc3ccccc3)c(-c3ccccc3)oc2c1. The topological polar surface area (TPSA) is 57.9 Å². The summed E-state index contributed by atoms with van der Waals surface area (Å²) in [5.74, 6) is 1.43. The molecule has 1 aromatic heterocycles. The van der Waals surface area contributed by atoms with Crippen LogP contribution in [0.5, 0.6) is 17.2 Å². The second-order valence-corrected chi connectivity index (χ2v) is 6.43. The van der Waals surface area contributed by atoms with E-state index in [-0.39, 0.29) is 17.8 Å². The van der Waals surface area contributed by atoms with Gasteiger partial charge in [-0.1, -0.05) is 60.7 Å². The van der Waals surface area contributed by atoms with E-state index in [9.17, 15) is 4.79 Å². The van der Waals surface area contributed by atoms with Gasteiger partial charge in [0.05, 0.1) is 14.2 Å². The summed E-state index contributed by atoms with van der Waals surface area (Å²) in [6.07, 6.45) is 0. The van der Waals surface area contributed by atoms with Crippen LogP contribution in [0.15, 0.2) is 82.0 Å². The highest BCUT2D eigenvalue weighted by Crippen LogP contribution is 2.36. The van der Waals surface area contributed by atoms with E-state index in [2.05, 4.69) is 0 Å². The summed E-state index contributed by atoms with van der Waals surface area (Å²) in [7, 11) is 3.05. The third-order valence-electron chi connectivity index (χ3n) is 4.61. The highest BCUT2D eigenvalue weighted by atomic mass is 16.5. The van der Waals surface area contributed by atoms with Crippen LogP contribution >= 0.6 is 0 Å². The van der Waals surface area contributed by atoms with Crippen LogP contribution in [-0.4, -0.2) is 14.2 Å². The van der Waals surface area contributed by atoms with E-state index in [0.29, 0.717) is 28.2 Å². The van der Waals surface area contributed by atoms with Gasteiger partial charge in [-0.3, -0.25) is 4.79 Å². The first-order valence-electron chi connectivity index (χ1n) is 9.16. The van der Waals surface area contributed by atoms with E-state index in [0.717, 1.165) is 11.1 Å². The fraction of sp³-hybridized carbons (Fsp3) is 0.125. The van der Waals surface area contributed by atoms with Crippen molar-refractivity contribution < 1.29 is 18.6 Å². The number of hydrogen-bond acceptors (Lipinski definition) is 5. The third kappa shape index (κ3) is 3.67. The fourth-order valence-corrected chi connectivity index (χ4v) is 3.16. The van der Waals surface area contributed by atoms with Crippen molar-refractivity contribution in [3.05, 3.63) is 88.6 Å². The van der Waals surface area contributed by atoms with Gasteiger partial charge in [-0.25, -0.2) is 0 Å². The molecule has 0 bridgehead atoms. The maximum atomic E-state index is 13.4. The normalized spacial score (nSPS) is 10.7. The van der Waals surface area contributed by atoms with Gasteiger partial charge >= 0.3 is 0 Å². The molecular formula is C24H20O5. The Morgan fingerprint density at radius 3 is 2.21 bits per heavy atom. The van der Waals surface area contributed by atoms with Crippen LogP contribution in [0.3, 0.4) is 0 Å². The molecule has 0 aliphatic carbocycles. The van der Waals surface area contributed by atoms with Crippen LogP contribution in [-0.2, 0) is 6.61 Å². The number of rotatable bonds is 6. The minimum Gasteiger partial charge on any atom is -0.496 e. The van der Waals surface area contributed by atoms with E-state index in [1.54, 1.807) is 19.2 Å². The van der Waals surface area contributed by atoms with Crippen molar-refractivity contribution in [2.45, 2.75) is 6.61 Å². The van der Waals surface area contributed by atoms with Crippen molar-refractivity contribution in [3.8, 4) is 28.6 Å². The average Bonchev–Trinajstić information content (AvgIpc) is 2.78. The van der Waals surface area contributed by atoms with E-state index in [1.807, 2.05) is 60.7 Å². The van der Waals surface area contributed by atoms with Gasteiger partial charge in [0.15, 0.2) is 5.76 Å². The molecule has 4 rings (SSSR count). The van der Waals surface area contributed by atoms with Crippen molar-refractivity contribution in [2.75, 3.05) is 14.2 Å². The molecule has 0 aliphatic heterocycles. The molecule has 0 radical (unpaired) electrons. The highest BCUT2D eigenvalue weighted by molar-refractivity contribution is 5.88. The lowest BCUT2D eigenvalue weighted by atomic mass is 10.1. The number of fused-ring (bicyclic) bond motifs is 1. The van der Waals surface area contributed by atoms with Gasteiger partial charge in [0.25, 0.3) is 0 Å². The summed E-state index contributed by atoms with van der Waals surface area (Å²) in [4.78, 5) is 13.4. The van der Waals surface area contributed by atoms with E-state index in [1.165, 1.54) is 7.11 Å². The maximum Gasteiger partial charge on any atom is 0.239 e. The minimum atomic E-state index is -0.291.